The van der Waals surface area contributed by atoms with E-state index >= 15 is 0 Å². The van der Waals surface area contributed by atoms with Crippen molar-refractivity contribution >= 4 is 17.5 Å². The lowest BCUT2D eigenvalue weighted by atomic mass is 10.1. The van der Waals surface area contributed by atoms with Crippen LogP contribution in [0.3, 0.4) is 0 Å². The van der Waals surface area contributed by atoms with Crippen LogP contribution in [0.1, 0.15) is 67.5 Å². The number of aromatic nitrogens is 2. The van der Waals surface area contributed by atoms with Gasteiger partial charge in [-0.15, -0.1) is 0 Å². The highest BCUT2D eigenvalue weighted by atomic mass is 16.5. The molecule has 0 bridgehead atoms. The van der Waals surface area contributed by atoms with E-state index in [1.807, 2.05) is 26.0 Å². The van der Waals surface area contributed by atoms with Crippen LogP contribution in [0, 0.1) is 0 Å². The van der Waals surface area contributed by atoms with Gasteiger partial charge in [0.15, 0.2) is 5.82 Å². The Morgan fingerprint density at radius 2 is 2.04 bits per heavy atom. The molecule has 1 fully saturated rings. The van der Waals surface area contributed by atoms with E-state index in [1.54, 1.807) is 17.0 Å². The van der Waals surface area contributed by atoms with Gasteiger partial charge < -0.3 is 14.7 Å². The minimum absolute atomic E-state index is 0.125. The Kier molecular flexibility index (Phi) is 6.21. The number of hydrogen-bond acceptors (Lipinski definition) is 5. The average molecular weight is 370 g/mol. The van der Waals surface area contributed by atoms with Crippen molar-refractivity contribution in [1.82, 2.24) is 15.5 Å². The van der Waals surface area contributed by atoms with Crippen LogP contribution in [0.25, 0.3) is 0 Å². The zero-order valence-corrected chi connectivity index (χ0v) is 15.9. The number of rotatable bonds is 7. The van der Waals surface area contributed by atoms with Crippen molar-refractivity contribution in [2.24, 2.45) is 0 Å². The summed E-state index contributed by atoms with van der Waals surface area (Å²) in [6, 6.07) is 7.20. The first-order valence-electron chi connectivity index (χ1n) is 9.55. The van der Waals surface area contributed by atoms with Crippen LogP contribution in [0.4, 0.5) is 5.69 Å². The molecule has 1 aliphatic rings. The molecule has 2 aromatic rings. The Bertz CT molecular complexity index is 783. The lowest BCUT2D eigenvalue weighted by Gasteiger charge is -2.26. The fraction of sp³-hybridized carbons (Fsp3) is 0.500. The summed E-state index contributed by atoms with van der Waals surface area (Å²) in [5, 5.41) is 6.82. The van der Waals surface area contributed by atoms with Crippen molar-refractivity contribution in [1.29, 1.82) is 0 Å². The molecule has 0 saturated carbocycles. The Morgan fingerprint density at radius 1 is 1.26 bits per heavy atom. The average Bonchev–Trinajstić information content (AvgIpc) is 3.15. The molecule has 0 atom stereocenters. The third kappa shape index (κ3) is 4.93. The summed E-state index contributed by atoms with van der Waals surface area (Å²) >= 11 is 0. The van der Waals surface area contributed by atoms with Crippen LogP contribution < -0.4 is 10.2 Å². The number of piperidine rings is 1. The molecule has 1 aromatic carbocycles. The zero-order chi connectivity index (χ0) is 19.2. The number of aryl methyl sites for hydroxylation is 1. The highest BCUT2D eigenvalue weighted by Crippen LogP contribution is 2.21. The quantitative estimate of drug-likeness (QED) is 0.757. The molecule has 0 radical (unpaired) electrons. The van der Waals surface area contributed by atoms with E-state index in [0.717, 1.165) is 31.5 Å². The summed E-state index contributed by atoms with van der Waals surface area (Å²) in [4.78, 5) is 30.3. The van der Waals surface area contributed by atoms with Crippen molar-refractivity contribution in [3.63, 3.8) is 0 Å². The Hall–Kier alpha value is -2.70. The maximum absolute atomic E-state index is 12.3. The molecule has 144 valence electrons. The van der Waals surface area contributed by atoms with E-state index in [1.165, 1.54) is 0 Å². The minimum Gasteiger partial charge on any atom is -0.352 e. The van der Waals surface area contributed by atoms with Crippen LogP contribution in [0.15, 0.2) is 28.8 Å². The molecule has 0 spiro atoms. The van der Waals surface area contributed by atoms with Gasteiger partial charge >= 0.3 is 0 Å². The highest BCUT2D eigenvalue weighted by molar-refractivity contribution is 5.96. The highest BCUT2D eigenvalue weighted by Gasteiger charge is 2.19. The van der Waals surface area contributed by atoms with Crippen molar-refractivity contribution < 1.29 is 14.1 Å². The van der Waals surface area contributed by atoms with Gasteiger partial charge in [0.2, 0.25) is 11.8 Å². The third-order valence-corrected chi connectivity index (χ3v) is 4.62. The fourth-order valence-corrected chi connectivity index (χ4v) is 3.02. The first-order valence-corrected chi connectivity index (χ1v) is 9.55. The smallest absolute Gasteiger partial charge is 0.251 e. The maximum Gasteiger partial charge on any atom is 0.251 e. The number of amides is 2. The van der Waals surface area contributed by atoms with Gasteiger partial charge in [0.05, 0.1) is 0 Å². The molecule has 1 aromatic heterocycles. The monoisotopic (exact) mass is 370 g/mol. The van der Waals surface area contributed by atoms with Crippen molar-refractivity contribution in [2.45, 2.75) is 51.9 Å². The molecule has 1 N–H and O–H groups in total. The standard InChI is InChI=1S/C20H26N4O3/c1-14(2)19-22-17(27-23-19)6-5-12-21-20(26)15-8-10-16(11-9-15)24-13-4-3-7-18(24)25/h8-11,14H,3-7,12-13H2,1-2H3,(H,21,26). The van der Waals surface area contributed by atoms with E-state index in [2.05, 4.69) is 15.5 Å². The van der Waals surface area contributed by atoms with Crippen molar-refractivity contribution in [3.05, 3.63) is 41.5 Å². The molecule has 2 amide bonds. The predicted octanol–water partition coefficient (Wildman–Crippen LogP) is 3.07. The lowest BCUT2D eigenvalue weighted by Crippen LogP contribution is -2.35. The minimum atomic E-state index is -0.125. The number of carbonyl (C=O) groups is 2. The van der Waals surface area contributed by atoms with Crippen LogP contribution in [0.2, 0.25) is 0 Å². The van der Waals surface area contributed by atoms with Gasteiger partial charge in [-0.2, -0.15) is 4.98 Å². The van der Waals surface area contributed by atoms with Crippen LogP contribution in [0.5, 0.6) is 0 Å². The van der Waals surface area contributed by atoms with Crippen LogP contribution >= 0.6 is 0 Å². The Labute approximate surface area is 159 Å². The van der Waals surface area contributed by atoms with Gasteiger partial charge in [-0.1, -0.05) is 19.0 Å². The van der Waals surface area contributed by atoms with Crippen LogP contribution in [-0.2, 0) is 11.2 Å². The Morgan fingerprint density at radius 3 is 2.70 bits per heavy atom. The molecule has 0 aliphatic carbocycles. The van der Waals surface area contributed by atoms with Gasteiger partial charge in [-0.05, 0) is 43.5 Å². The third-order valence-electron chi connectivity index (χ3n) is 4.62. The SMILES string of the molecule is CC(C)c1noc(CCCNC(=O)c2ccc(N3CCCCC3=O)cc2)n1. The van der Waals surface area contributed by atoms with Gasteiger partial charge in [-0.3, -0.25) is 9.59 Å². The predicted molar refractivity (Wildman–Crippen MR) is 102 cm³/mol. The first-order chi connectivity index (χ1) is 13.0. The topological polar surface area (TPSA) is 88.3 Å². The lowest BCUT2D eigenvalue weighted by molar-refractivity contribution is -0.119. The normalized spacial score (nSPS) is 14.6. The molecule has 1 aliphatic heterocycles. The van der Waals surface area contributed by atoms with Crippen LogP contribution in [-0.4, -0.2) is 35.0 Å². The molecule has 2 heterocycles. The fourth-order valence-electron chi connectivity index (χ4n) is 3.02. The molecule has 7 nitrogen and oxygen atoms in total. The van der Waals surface area contributed by atoms with Gasteiger partial charge in [0.1, 0.15) is 0 Å². The van der Waals surface area contributed by atoms with Crippen molar-refractivity contribution in [2.75, 3.05) is 18.0 Å². The second kappa shape index (κ2) is 8.79. The summed E-state index contributed by atoms with van der Waals surface area (Å²) in [5.74, 6) is 1.58. The molecule has 3 rings (SSSR count). The Balaban J connectivity index is 1.45. The van der Waals surface area contributed by atoms with E-state index in [0.29, 0.717) is 36.7 Å². The molecular weight excluding hydrogens is 344 g/mol. The van der Waals surface area contributed by atoms with E-state index in [9.17, 15) is 9.59 Å². The zero-order valence-electron chi connectivity index (χ0n) is 15.9. The van der Waals surface area contributed by atoms with E-state index < -0.39 is 0 Å². The second-order valence-electron chi connectivity index (χ2n) is 7.11. The summed E-state index contributed by atoms with van der Waals surface area (Å²) in [7, 11) is 0. The summed E-state index contributed by atoms with van der Waals surface area (Å²) in [6.07, 6.45) is 3.94. The van der Waals surface area contributed by atoms with E-state index in [-0.39, 0.29) is 17.7 Å². The van der Waals surface area contributed by atoms with E-state index in [4.69, 9.17) is 4.52 Å². The van der Waals surface area contributed by atoms with Crippen molar-refractivity contribution in [3.8, 4) is 0 Å². The van der Waals surface area contributed by atoms with Gasteiger partial charge in [-0.25, -0.2) is 0 Å². The summed E-state index contributed by atoms with van der Waals surface area (Å²) < 4.78 is 5.19. The number of benzene rings is 1. The number of carbonyl (C=O) groups excluding carboxylic acids is 2. The molecular formula is C20H26N4O3. The number of anilines is 1. The molecule has 7 heteroatoms. The molecule has 27 heavy (non-hydrogen) atoms. The first kappa shape index (κ1) is 19.1. The molecule has 0 unspecified atom stereocenters. The number of nitrogens with one attached hydrogen (secondary N) is 1. The summed E-state index contributed by atoms with van der Waals surface area (Å²) in [6.45, 7) is 5.31. The second-order valence-corrected chi connectivity index (χ2v) is 7.11. The van der Waals surface area contributed by atoms with Gasteiger partial charge in [0, 0.05) is 43.1 Å². The summed E-state index contributed by atoms with van der Waals surface area (Å²) in [5.41, 5.74) is 1.44. The molecule has 1 saturated heterocycles. The number of nitrogens with zero attached hydrogens (tertiary/aromatic N) is 3. The largest absolute Gasteiger partial charge is 0.352 e. The van der Waals surface area contributed by atoms with Gasteiger partial charge in [0.25, 0.3) is 5.91 Å². The maximum atomic E-state index is 12.3. The number of hydrogen-bond donors (Lipinski definition) is 1.